The van der Waals surface area contributed by atoms with Gasteiger partial charge >= 0.3 is 0 Å². The van der Waals surface area contributed by atoms with Gasteiger partial charge in [-0.05, 0) is 51.3 Å². The molecule has 1 aromatic carbocycles. The van der Waals surface area contributed by atoms with Crippen LogP contribution < -0.4 is 5.32 Å². The summed E-state index contributed by atoms with van der Waals surface area (Å²) in [5, 5.41) is 3.46. The molecule has 2 rings (SSSR count). The molecule has 1 aliphatic rings. The number of hydrogen-bond acceptors (Lipinski definition) is 3. The highest BCUT2D eigenvalue weighted by Crippen LogP contribution is 2.26. The lowest BCUT2D eigenvalue weighted by atomic mass is 9.95. The van der Waals surface area contributed by atoms with Gasteiger partial charge in [-0.3, -0.25) is 4.90 Å². The number of rotatable bonds is 7. The lowest BCUT2D eigenvalue weighted by Crippen LogP contribution is -2.42. The summed E-state index contributed by atoms with van der Waals surface area (Å²) in [6.45, 7) is 8.85. The lowest BCUT2D eigenvalue weighted by Gasteiger charge is -2.38. The van der Waals surface area contributed by atoms with Crippen molar-refractivity contribution in [2.24, 2.45) is 5.92 Å². The quantitative estimate of drug-likeness (QED) is 0.835. The fourth-order valence-electron chi connectivity index (χ4n) is 3.28. The Morgan fingerprint density at radius 3 is 2.43 bits per heavy atom. The second-order valence-corrected chi connectivity index (χ2v) is 6.37. The number of benzene rings is 1. The van der Waals surface area contributed by atoms with Crippen LogP contribution in [0.15, 0.2) is 30.3 Å². The monoisotopic (exact) mass is 290 g/mol. The normalized spacial score (nSPS) is 18.3. The van der Waals surface area contributed by atoms with Gasteiger partial charge in [0.25, 0.3) is 0 Å². The minimum absolute atomic E-state index is 0.353. The number of nitrogens with zero attached hydrogens (tertiary/aromatic N) is 1. The summed E-state index contributed by atoms with van der Waals surface area (Å²) in [6.07, 6.45) is 2.58. The zero-order valence-corrected chi connectivity index (χ0v) is 13.7. The van der Waals surface area contributed by atoms with Crippen molar-refractivity contribution in [2.45, 2.75) is 38.8 Å². The average Bonchev–Trinajstić information content (AvgIpc) is 2.52. The second kappa shape index (κ2) is 8.52. The number of methoxy groups -OCH3 is 1. The predicted molar refractivity (Wildman–Crippen MR) is 88.5 cm³/mol. The molecular weight excluding hydrogens is 260 g/mol. The molecule has 21 heavy (non-hydrogen) atoms. The highest BCUT2D eigenvalue weighted by molar-refractivity contribution is 5.19. The SMILES string of the molecule is COCC(c1ccccc1)N(CC1CCNCC1)C(C)C. The molecule has 118 valence electrons. The first-order valence-electron chi connectivity index (χ1n) is 8.22. The van der Waals surface area contributed by atoms with Gasteiger partial charge in [-0.25, -0.2) is 0 Å². The molecule has 1 atom stereocenters. The van der Waals surface area contributed by atoms with E-state index < -0.39 is 0 Å². The molecule has 1 fully saturated rings. The molecule has 0 aliphatic carbocycles. The summed E-state index contributed by atoms with van der Waals surface area (Å²) in [6, 6.07) is 11.7. The van der Waals surface area contributed by atoms with Crippen molar-refractivity contribution in [1.82, 2.24) is 10.2 Å². The minimum Gasteiger partial charge on any atom is -0.383 e. The van der Waals surface area contributed by atoms with Crippen molar-refractivity contribution >= 4 is 0 Å². The molecule has 1 heterocycles. The first kappa shape index (κ1) is 16.5. The third-order valence-electron chi connectivity index (χ3n) is 4.50. The third kappa shape index (κ3) is 4.80. The van der Waals surface area contributed by atoms with Crippen molar-refractivity contribution in [1.29, 1.82) is 0 Å². The van der Waals surface area contributed by atoms with Gasteiger partial charge in [-0.2, -0.15) is 0 Å². The first-order valence-corrected chi connectivity index (χ1v) is 8.22. The predicted octanol–water partition coefficient (Wildman–Crippen LogP) is 3.08. The number of piperidine rings is 1. The maximum Gasteiger partial charge on any atom is 0.0659 e. The van der Waals surface area contributed by atoms with Crippen molar-refractivity contribution in [2.75, 3.05) is 33.4 Å². The summed E-state index contributed by atoms with van der Waals surface area (Å²) in [7, 11) is 1.80. The van der Waals surface area contributed by atoms with E-state index in [1.54, 1.807) is 7.11 Å². The Hall–Kier alpha value is -0.900. The number of hydrogen-bond donors (Lipinski definition) is 1. The Kier molecular flexibility index (Phi) is 6.68. The van der Waals surface area contributed by atoms with Crippen molar-refractivity contribution in [3.05, 3.63) is 35.9 Å². The molecular formula is C18H30N2O. The topological polar surface area (TPSA) is 24.5 Å². The molecule has 0 amide bonds. The van der Waals surface area contributed by atoms with Gasteiger partial charge in [0.2, 0.25) is 0 Å². The van der Waals surface area contributed by atoms with E-state index in [1.165, 1.54) is 24.9 Å². The van der Waals surface area contributed by atoms with E-state index in [1.807, 2.05) is 0 Å². The van der Waals surface area contributed by atoms with Gasteiger partial charge < -0.3 is 10.1 Å². The zero-order chi connectivity index (χ0) is 15.1. The second-order valence-electron chi connectivity index (χ2n) is 6.37. The molecule has 1 N–H and O–H groups in total. The molecule has 3 heteroatoms. The largest absolute Gasteiger partial charge is 0.383 e. The van der Waals surface area contributed by atoms with Gasteiger partial charge in [0.15, 0.2) is 0 Å². The van der Waals surface area contributed by atoms with E-state index in [0.29, 0.717) is 12.1 Å². The summed E-state index contributed by atoms with van der Waals surface area (Å²) in [5.74, 6) is 0.803. The average molecular weight is 290 g/mol. The Bertz CT molecular complexity index is 387. The van der Waals surface area contributed by atoms with Crippen LogP contribution in [-0.2, 0) is 4.74 Å². The smallest absolute Gasteiger partial charge is 0.0659 e. The standard InChI is InChI=1S/C18H30N2O/c1-15(2)20(13-16-9-11-19-12-10-16)18(14-21-3)17-7-5-4-6-8-17/h4-8,15-16,18-19H,9-14H2,1-3H3. The van der Waals surface area contributed by atoms with Gasteiger partial charge in [0, 0.05) is 19.7 Å². The molecule has 0 saturated carbocycles. The highest BCUT2D eigenvalue weighted by atomic mass is 16.5. The number of nitrogens with one attached hydrogen (secondary N) is 1. The van der Waals surface area contributed by atoms with Crippen molar-refractivity contribution in [3.8, 4) is 0 Å². The molecule has 0 bridgehead atoms. The zero-order valence-electron chi connectivity index (χ0n) is 13.7. The molecule has 0 radical (unpaired) electrons. The van der Waals surface area contributed by atoms with Gasteiger partial charge in [-0.15, -0.1) is 0 Å². The maximum atomic E-state index is 5.52. The van der Waals surface area contributed by atoms with E-state index in [2.05, 4.69) is 54.4 Å². The first-order chi connectivity index (χ1) is 10.2. The van der Waals surface area contributed by atoms with E-state index in [0.717, 1.165) is 25.6 Å². The molecule has 1 unspecified atom stereocenters. The highest BCUT2D eigenvalue weighted by Gasteiger charge is 2.26. The molecule has 3 nitrogen and oxygen atoms in total. The summed E-state index contributed by atoms with van der Waals surface area (Å²) < 4.78 is 5.52. The molecule has 1 saturated heterocycles. The fourth-order valence-corrected chi connectivity index (χ4v) is 3.28. The van der Waals surface area contributed by atoms with Crippen molar-refractivity contribution in [3.63, 3.8) is 0 Å². The molecule has 0 aromatic heterocycles. The molecule has 1 aliphatic heterocycles. The summed E-state index contributed by atoms with van der Waals surface area (Å²) in [5.41, 5.74) is 1.36. The van der Waals surface area contributed by atoms with Gasteiger partial charge in [0.05, 0.1) is 12.6 Å². The molecule has 1 aromatic rings. The van der Waals surface area contributed by atoms with Gasteiger partial charge in [0.1, 0.15) is 0 Å². The van der Waals surface area contributed by atoms with Crippen molar-refractivity contribution < 1.29 is 4.74 Å². The van der Waals surface area contributed by atoms with E-state index >= 15 is 0 Å². The Morgan fingerprint density at radius 1 is 1.19 bits per heavy atom. The van der Waals surface area contributed by atoms with Crippen LogP contribution in [0.25, 0.3) is 0 Å². The minimum atomic E-state index is 0.353. The fraction of sp³-hybridized carbons (Fsp3) is 0.667. The van der Waals surface area contributed by atoms with Crippen LogP contribution in [0.1, 0.15) is 38.3 Å². The van der Waals surface area contributed by atoms with E-state index in [4.69, 9.17) is 4.74 Å². The van der Waals surface area contributed by atoms with Gasteiger partial charge in [-0.1, -0.05) is 30.3 Å². The van der Waals surface area contributed by atoms with Crippen LogP contribution >= 0.6 is 0 Å². The van der Waals surface area contributed by atoms with Crippen LogP contribution in [-0.4, -0.2) is 44.3 Å². The molecule has 0 spiro atoms. The van der Waals surface area contributed by atoms with E-state index in [9.17, 15) is 0 Å². The van der Waals surface area contributed by atoms with Crippen LogP contribution in [0.5, 0.6) is 0 Å². The number of ether oxygens (including phenoxy) is 1. The Balaban J connectivity index is 2.12. The summed E-state index contributed by atoms with van der Waals surface area (Å²) >= 11 is 0. The Labute approximate surface area is 129 Å². The summed E-state index contributed by atoms with van der Waals surface area (Å²) in [4.78, 5) is 2.62. The van der Waals surface area contributed by atoms with Crippen LogP contribution in [0.4, 0.5) is 0 Å². The Morgan fingerprint density at radius 2 is 1.86 bits per heavy atom. The lowest BCUT2D eigenvalue weighted by molar-refractivity contribution is 0.0531. The van der Waals surface area contributed by atoms with Crippen LogP contribution in [0.2, 0.25) is 0 Å². The maximum absolute atomic E-state index is 5.52. The third-order valence-corrected chi connectivity index (χ3v) is 4.50. The van der Waals surface area contributed by atoms with E-state index in [-0.39, 0.29) is 0 Å². The van der Waals surface area contributed by atoms with Crippen LogP contribution in [0, 0.1) is 5.92 Å². The van der Waals surface area contributed by atoms with Crippen LogP contribution in [0.3, 0.4) is 0 Å².